The van der Waals surface area contributed by atoms with Gasteiger partial charge < -0.3 is 20.1 Å². The molecule has 1 aliphatic heterocycles. The minimum atomic E-state index is -0.389. The van der Waals surface area contributed by atoms with Crippen molar-refractivity contribution in [3.8, 4) is 11.1 Å². The number of hydrogen-bond acceptors (Lipinski definition) is 8. The number of aromatic nitrogens is 5. The molecule has 10 nitrogen and oxygen atoms in total. The average molecular weight is 475 g/mol. The Kier molecular flexibility index (Phi) is 5.98. The molecule has 0 spiro atoms. The van der Waals surface area contributed by atoms with E-state index in [0.717, 1.165) is 59.7 Å². The van der Waals surface area contributed by atoms with Crippen LogP contribution in [0.2, 0.25) is 0 Å². The van der Waals surface area contributed by atoms with Crippen molar-refractivity contribution in [3.05, 3.63) is 53.8 Å². The largest absolute Gasteiger partial charge is 0.352 e. The maximum Gasteiger partial charge on any atom is 0.315 e. The van der Waals surface area contributed by atoms with E-state index in [1.807, 2.05) is 45.9 Å². The van der Waals surface area contributed by atoms with Crippen LogP contribution in [0.25, 0.3) is 22.2 Å². The van der Waals surface area contributed by atoms with Gasteiger partial charge >= 0.3 is 11.8 Å². The first kappa shape index (κ1) is 23.0. The van der Waals surface area contributed by atoms with Gasteiger partial charge in [0.2, 0.25) is 0 Å². The van der Waals surface area contributed by atoms with Gasteiger partial charge in [-0.3, -0.25) is 9.89 Å². The van der Waals surface area contributed by atoms with Crippen molar-refractivity contribution in [1.29, 1.82) is 0 Å². The minimum Gasteiger partial charge on any atom is -0.352 e. The summed E-state index contributed by atoms with van der Waals surface area (Å²) in [5.74, 6) is 1.02. The fraction of sp³-hybridized carbons (Fsp3) is 0.400. The van der Waals surface area contributed by atoms with Crippen molar-refractivity contribution in [2.45, 2.75) is 39.2 Å². The highest BCUT2D eigenvalue weighted by Gasteiger charge is 2.25. The van der Waals surface area contributed by atoms with Crippen LogP contribution in [0.4, 0.5) is 5.82 Å². The van der Waals surface area contributed by atoms with Crippen LogP contribution in [-0.4, -0.2) is 57.4 Å². The third-order valence-corrected chi connectivity index (χ3v) is 6.22. The van der Waals surface area contributed by atoms with E-state index in [1.165, 1.54) is 0 Å². The normalized spacial score (nSPS) is 15.4. The van der Waals surface area contributed by atoms with Crippen LogP contribution in [-0.2, 0) is 5.41 Å². The predicted molar refractivity (Wildman–Crippen MR) is 133 cm³/mol. The number of amides is 1. The van der Waals surface area contributed by atoms with E-state index in [2.05, 4.69) is 53.0 Å². The summed E-state index contributed by atoms with van der Waals surface area (Å²) in [7, 11) is 0. The third-order valence-electron chi connectivity index (χ3n) is 6.22. The molecular weight excluding hydrogens is 444 g/mol. The molecule has 1 unspecified atom stereocenters. The quantitative estimate of drug-likeness (QED) is 0.403. The highest BCUT2D eigenvalue weighted by Crippen LogP contribution is 2.34. The van der Waals surface area contributed by atoms with E-state index in [0.29, 0.717) is 5.82 Å². The molecule has 3 aromatic heterocycles. The van der Waals surface area contributed by atoms with Crippen molar-refractivity contribution in [1.82, 2.24) is 36.0 Å². The van der Waals surface area contributed by atoms with Gasteiger partial charge in [0.15, 0.2) is 17.3 Å². The van der Waals surface area contributed by atoms with Gasteiger partial charge in [-0.15, -0.1) is 0 Å². The first-order valence-corrected chi connectivity index (χ1v) is 11.9. The first-order chi connectivity index (χ1) is 16.8. The summed E-state index contributed by atoms with van der Waals surface area (Å²) < 4.78 is 5.17. The van der Waals surface area contributed by atoms with Crippen LogP contribution in [0, 0.1) is 0 Å². The Labute approximate surface area is 203 Å². The van der Waals surface area contributed by atoms with E-state index < -0.39 is 0 Å². The molecule has 1 aliphatic rings. The Morgan fingerprint density at radius 1 is 1.14 bits per heavy atom. The van der Waals surface area contributed by atoms with Crippen LogP contribution >= 0.6 is 0 Å². The molecule has 182 valence electrons. The lowest BCUT2D eigenvalue weighted by Gasteiger charge is -2.27. The minimum absolute atomic E-state index is 0.0297. The lowest BCUT2D eigenvalue weighted by Crippen LogP contribution is -2.43. The van der Waals surface area contributed by atoms with Crippen LogP contribution in [0.5, 0.6) is 0 Å². The average Bonchev–Trinajstić information content (AvgIpc) is 3.52. The predicted octanol–water partition coefficient (Wildman–Crippen LogP) is 3.21. The number of pyridine rings is 1. The van der Waals surface area contributed by atoms with Gasteiger partial charge in [-0.25, -0.2) is 4.98 Å². The van der Waals surface area contributed by atoms with Gasteiger partial charge in [-0.1, -0.05) is 50.2 Å². The molecule has 1 amide bonds. The molecule has 1 saturated heterocycles. The van der Waals surface area contributed by atoms with Gasteiger partial charge in [0, 0.05) is 37.8 Å². The second-order valence-corrected chi connectivity index (χ2v) is 9.86. The van der Waals surface area contributed by atoms with E-state index in [1.54, 1.807) is 6.20 Å². The lowest BCUT2D eigenvalue weighted by molar-refractivity contribution is 0.0895. The molecule has 4 aromatic rings. The van der Waals surface area contributed by atoms with E-state index in [-0.39, 0.29) is 23.3 Å². The number of rotatable bonds is 5. The second kappa shape index (κ2) is 9.10. The second-order valence-electron chi connectivity index (χ2n) is 9.86. The van der Waals surface area contributed by atoms with Crippen molar-refractivity contribution >= 4 is 22.8 Å². The molecular formula is C25H30N8O2. The topological polar surface area (TPSA) is 125 Å². The van der Waals surface area contributed by atoms with E-state index >= 15 is 0 Å². The third kappa shape index (κ3) is 4.61. The summed E-state index contributed by atoms with van der Waals surface area (Å²) >= 11 is 0. The summed E-state index contributed by atoms with van der Waals surface area (Å²) in [6.45, 7) is 11.5. The smallest absolute Gasteiger partial charge is 0.315 e. The lowest BCUT2D eigenvalue weighted by atomic mass is 9.96. The molecule has 5 rings (SSSR count). The van der Waals surface area contributed by atoms with Crippen LogP contribution < -0.4 is 15.5 Å². The Balaban J connectivity index is 1.36. The fourth-order valence-electron chi connectivity index (χ4n) is 4.19. The monoisotopic (exact) mass is 474 g/mol. The summed E-state index contributed by atoms with van der Waals surface area (Å²) in [6, 6.07) is 9.95. The summed E-state index contributed by atoms with van der Waals surface area (Å²) in [5, 5.41) is 18.9. The number of benzene rings is 1. The molecule has 0 radical (unpaired) electrons. The molecule has 1 fully saturated rings. The number of carbonyl (C=O) groups excluding carboxylic acids is 1. The summed E-state index contributed by atoms with van der Waals surface area (Å²) in [6.07, 6.45) is 1.80. The van der Waals surface area contributed by atoms with Crippen LogP contribution in [0.3, 0.4) is 0 Å². The van der Waals surface area contributed by atoms with Gasteiger partial charge in [-0.2, -0.15) is 10.1 Å². The Hall–Kier alpha value is -3.79. The molecule has 10 heteroatoms. The van der Waals surface area contributed by atoms with Crippen molar-refractivity contribution in [2.24, 2.45) is 0 Å². The van der Waals surface area contributed by atoms with Gasteiger partial charge in [0.25, 0.3) is 0 Å². The van der Waals surface area contributed by atoms with Crippen molar-refractivity contribution in [3.63, 3.8) is 0 Å². The Bertz CT molecular complexity index is 1330. The molecule has 35 heavy (non-hydrogen) atoms. The SMILES string of the molecule is CC(NC(=O)c1nc(C(C)(C)C)no1)c1ccc(-c2ccnc3[nH]nc(N4CCNCC4)c23)cc1. The zero-order valence-electron chi connectivity index (χ0n) is 20.4. The van der Waals surface area contributed by atoms with Crippen LogP contribution in [0.15, 0.2) is 41.1 Å². The maximum atomic E-state index is 12.6. The number of piperazine rings is 1. The molecule has 0 saturated carbocycles. The van der Waals surface area contributed by atoms with E-state index in [9.17, 15) is 4.79 Å². The van der Waals surface area contributed by atoms with Gasteiger partial charge in [-0.05, 0) is 29.7 Å². The van der Waals surface area contributed by atoms with Crippen LogP contribution in [0.1, 0.15) is 55.8 Å². The zero-order chi connectivity index (χ0) is 24.6. The standard InChI is InChI=1S/C25H30N8O2/c1-15(28-22(34)23-29-24(32-35-23)25(2,3)4)16-5-7-17(8-6-16)18-9-10-27-20-19(18)21(31-30-20)33-13-11-26-12-14-33/h5-10,15,26H,11-14H2,1-4H3,(H,28,34)(H,27,30,31). The number of H-pyrrole nitrogens is 1. The summed E-state index contributed by atoms with van der Waals surface area (Å²) in [5.41, 5.74) is 3.58. The summed E-state index contributed by atoms with van der Waals surface area (Å²) in [4.78, 5) is 23.6. The number of nitrogens with one attached hydrogen (secondary N) is 3. The van der Waals surface area contributed by atoms with E-state index in [4.69, 9.17) is 4.52 Å². The van der Waals surface area contributed by atoms with Crippen molar-refractivity contribution in [2.75, 3.05) is 31.1 Å². The number of hydrogen-bond donors (Lipinski definition) is 3. The van der Waals surface area contributed by atoms with Gasteiger partial charge in [0.05, 0.1) is 11.4 Å². The molecule has 0 bridgehead atoms. The highest BCUT2D eigenvalue weighted by atomic mass is 16.5. The molecule has 0 aliphatic carbocycles. The number of carbonyl (C=O) groups is 1. The number of fused-ring (bicyclic) bond motifs is 1. The zero-order valence-corrected chi connectivity index (χ0v) is 20.4. The molecule has 3 N–H and O–H groups in total. The molecule has 4 heterocycles. The Morgan fingerprint density at radius 3 is 2.57 bits per heavy atom. The fourth-order valence-corrected chi connectivity index (χ4v) is 4.19. The highest BCUT2D eigenvalue weighted by molar-refractivity contribution is 6.00. The van der Waals surface area contributed by atoms with Crippen molar-refractivity contribution < 1.29 is 9.32 Å². The maximum absolute atomic E-state index is 12.6. The molecule has 1 aromatic carbocycles. The first-order valence-electron chi connectivity index (χ1n) is 11.9. The molecule has 1 atom stereocenters. The number of nitrogens with zero attached hydrogens (tertiary/aromatic N) is 5. The number of anilines is 1. The Morgan fingerprint density at radius 2 is 1.89 bits per heavy atom. The number of aromatic amines is 1. The van der Waals surface area contributed by atoms with Gasteiger partial charge in [0.1, 0.15) is 0 Å².